The lowest BCUT2D eigenvalue weighted by atomic mass is 10.0. The van der Waals surface area contributed by atoms with E-state index in [-0.39, 0.29) is 4.90 Å². The predicted octanol–water partition coefficient (Wildman–Crippen LogP) is 6.10. The maximum Gasteiger partial charge on any atom is 0.294 e. The Morgan fingerprint density at radius 3 is 2.64 bits per heavy atom. The van der Waals surface area contributed by atoms with Gasteiger partial charge in [-0.1, -0.05) is 37.3 Å². The fraction of sp³-hybridized carbons (Fsp3) is 0.407. The summed E-state index contributed by atoms with van der Waals surface area (Å²) in [5, 5.41) is 13.9. The molecule has 0 fully saturated rings. The second-order valence-corrected chi connectivity index (χ2v) is 11.3. The van der Waals surface area contributed by atoms with E-state index >= 15 is 0 Å². The van der Waals surface area contributed by atoms with Crippen LogP contribution >= 0.6 is 12.0 Å². The molecule has 0 saturated carbocycles. The van der Waals surface area contributed by atoms with Crippen LogP contribution in [0.4, 0.5) is 5.69 Å². The Bertz CT molecular complexity index is 1560. The maximum atomic E-state index is 11.9. The van der Waals surface area contributed by atoms with Gasteiger partial charge < -0.3 is 9.32 Å². The van der Waals surface area contributed by atoms with Gasteiger partial charge in [0.05, 0.1) is 10.3 Å². The van der Waals surface area contributed by atoms with Gasteiger partial charge in [-0.2, -0.15) is 8.42 Å². The Labute approximate surface area is 231 Å². The Kier molecular flexibility index (Phi) is 10.2. The second-order valence-electron chi connectivity index (χ2n) is 9.13. The van der Waals surface area contributed by atoms with Crippen molar-refractivity contribution in [3.63, 3.8) is 0 Å². The highest BCUT2D eigenvalue weighted by Gasteiger charge is 2.19. The summed E-state index contributed by atoms with van der Waals surface area (Å²) in [5.74, 6) is 1.12. The topological polar surface area (TPSA) is 135 Å². The van der Waals surface area contributed by atoms with E-state index in [9.17, 15) is 13.0 Å². The van der Waals surface area contributed by atoms with Crippen LogP contribution in [0.25, 0.3) is 33.3 Å². The fourth-order valence-electron chi connectivity index (χ4n) is 4.52. The van der Waals surface area contributed by atoms with E-state index in [1.54, 1.807) is 6.07 Å². The SMILES string of the molecule is CCCCCC/N=c1/cc2oc3cc(N(CC)CCCSOOO)ccc3nc-2c2cc(S(=O)(=O)O)ccc12. The summed E-state index contributed by atoms with van der Waals surface area (Å²) in [7, 11) is -4.40. The van der Waals surface area contributed by atoms with Crippen LogP contribution in [-0.2, 0) is 19.5 Å². The molecule has 0 radical (unpaired) electrons. The van der Waals surface area contributed by atoms with Crippen LogP contribution in [0.2, 0.25) is 0 Å². The number of fused-ring (bicyclic) bond motifs is 4. The van der Waals surface area contributed by atoms with Gasteiger partial charge >= 0.3 is 0 Å². The number of hydrogen-bond donors (Lipinski definition) is 2. The van der Waals surface area contributed by atoms with Gasteiger partial charge in [-0.3, -0.25) is 9.55 Å². The van der Waals surface area contributed by atoms with Crippen molar-refractivity contribution < 1.29 is 32.0 Å². The molecule has 210 valence electrons. The van der Waals surface area contributed by atoms with E-state index < -0.39 is 10.1 Å². The molecule has 4 rings (SSSR count). The molecular weight excluding hydrogens is 542 g/mol. The van der Waals surface area contributed by atoms with Crippen molar-refractivity contribution >= 4 is 49.7 Å². The molecule has 0 bridgehead atoms. The van der Waals surface area contributed by atoms with Crippen molar-refractivity contribution in [2.45, 2.75) is 50.8 Å². The molecular formula is C27H33N3O7S2. The summed E-state index contributed by atoms with van der Waals surface area (Å²) in [6.07, 6.45) is 5.14. The van der Waals surface area contributed by atoms with Gasteiger partial charge in [-0.05, 0) is 44.0 Å². The molecule has 2 aromatic carbocycles. The third kappa shape index (κ3) is 7.27. The average Bonchev–Trinajstić information content (AvgIpc) is 2.93. The zero-order valence-electron chi connectivity index (χ0n) is 22.0. The number of benzene rings is 3. The molecule has 0 saturated heterocycles. The molecule has 1 aliphatic carbocycles. The largest absolute Gasteiger partial charge is 0.453 e. The maximum absolute atomic E-state index is 11.9. The summed E-state index contributed by atoms with van der Waals surface area (Å²) >= 11 is 1.03. The molecule has 1 aliphatic heterocycles. The van der Waals surface area contributed by atoms with Crippen LogP contribution in [0.1, 0.15) is 46.0 Å². The summed E-state index contributed by atoms with van der Waals surface area (Å²) in [6.45, 7) is 6.40. The minimum absolute atomic E-state index is 0.207. The highest BCUT2D eigenvalue weighted by atomic mass is 32.2. The minimum atomic E-state index is -4.40. The van der Waals surface area contributed by atoms with Crippen molar-refractivity contribution in [2.75, 3.05) is 30.3 Å². The standard InChI is InChI=1S/C27H33N3O7S2/c1-3-5-6-7-13-28-24-18-26-27(22-17-20(39(32,33)34)10-11-21(22)24)29-23-12-9-19(16-25(23)35-26)30(4-2)14-8-15-38-37-36-31/h9-12,16-18,31H,3-8,13-15H2,1-2H3,(H,32,33,34)/b28-24-. The molecule has 0 amide bonds. The highest BCUT2D eigenvalue weighted by Crippen LogP contribution is 2.33. The van der Waals surface area contributed by atoms with E-state index in [2.05, 4.69) is 28.1 Å². The van der Waals surface area contributed by atoms with Gasteiger partial charge in [-0.25, -0.2) is 10.2 Å². The molecule has 39 heavy (non-hydrogen) atoms. The van der Waals surface area contributed by atoms with Gasteiger partial charge in [0, 0.05) is 66.0 Å². The first-order valence-corrected chi connectivity index (χ1v) is 15.3. The number of aromatic nitrogens is 1. The van der Waals surface area contributed by atoms with E-state index in [4.69, 9.17) is 19.7 Å². The summed E-state index contributed by atoms with van der Waals surface area (Å²) in [6, 6.07) is 12.1. The fourth-order valence-corrected chi connectivity index (χ4v) is 5.39. The van der Waals surface area contributed by atoms with E-state index in [0.29, 0.717) is 45.6 Å². The number of unbranched alkanes of at least 4 members (excludes halogenated alkanes) is 3. The van der Waals surface area contributed by atoms with Crippen LogP contribution in [0.15, 0.2) is 56.8 Å². The summed E-state index contributed by atoms with van der Waals surface area (Å²) < 4.78 is 44.2. The number of nitrogens with zero attached hydrogens (tertiary/aromatic N) is 3. The molecule has 2 N–H and O–H groups in total. The second kappa shape index (κ2) is 13.6. The average molecular weight is 576 g/mol. The van der Waals surface area contributed by atoms with Crippen LogP contribution in [0.3, 0.4) is 0 Å². The third-order valence-electron chi connectivity index (χ3n) is 6.49. The van der Waals surface area contributed by atoms with Gasteiger partial charge in [0.25, 0.3) is 10.1 Å². The molecule has 2 aliphatic rings. The molecule has 1 heterocycles. The number of anilines is 1. The molecule has 0 spiro atoms. The molecule has 2 aromatic rings. The predicted molar refractivity (Wildman–Crippen MR) is 152 cm³/mol. The minimum Gasteiger partial charge on any atom is -0.453 e. The van der Waals surface area contributed by atoms with Crippen LogP contribution in [0, 0.1) is 0 Å². The molecule has 12 heteroatoms. The Hall–Kier alpha value is -2.74. The molecule has 0 aromatic heterocycles. The first-order valence-electron chi connectivity index (χ1n) is 13.0. The summed E-state index contributed by atoms with van der Waals surface area (Å²) in [5.41, 5.74) is 2.67. The van der Waals surface area contributed by atoms with Crippen molar-refractivity contribution in [3.8, 4) is 11.5 Å². The van der Waals surface area contributed by atoms with Crippen molar-refractivity contribution in [1.29, 1.82) is 0 Å². The van der Waals surface area contributed by atoms with Crippen molar-refractivity contribution in [1.82, 2.24) is 4.98 Å². The zero-order chi connectivity index (χ0) is 27.8. The van der Waals surface area contributed by atoms with E-state index in [1.165, 1.54) is 12.1 Å². The van der Waals surface area contributed by atoms with Gasteiger partial charge in [0.15, 0.2) is 11.3 Å². The van der Waals surface area contributed by atoms with Crippen molar-refractivity contribution in [3.05, 3.63) is 47.8 Å². The van der Waals surface area contributed by atoms with Gasteiger partial charge in [0.2, 0.25) is 0 Å². The monoisotopic (exact) mass is 575 g/mol. The summed E-state index contributed by atoms with van der Waals surface area (Å²) in [4.78, 5) is 11.6. The lowest BCUT2D eigenvalue weighted by Crippen LogP contribution is -2.24. The zero-order valence-corrected chi connectivity index (χ0v) is 23.6. The first kappa shape index (κ1) is 29.2. The molecule has 0 atom stereocenters. The number of hydrogen-bond acceptors (Lipinski definition) is 10. The Morgan fingerprint density at radius 2 is 1.90 bits per heavy atom. The molecule has 0 unspecified atom stereocenters. The van der Waals surface area contributed by atoms with E-state index in [1.807, 2.05) is 24.3 Å². The smallest absolute Gasteiger partial charge is 0.294 e. The van der Waals surface area contributed by atoms with Crippen LogP contribution < -0.4 is 10.3 Å². The third-order valence-corrected chi connectivity index (χ3v) is 7.95. The number of rotatable bonds is 14. The van der Waals surface area contributed by atoms with E-state index in [0.717, 1.165) is 68.3 Å². The normalized spacial score (nSPS) is 12.7. The Morgan fingerprint density at radius 1 is 1.05 bits per heavy atom. The quantitative estimate of drug-likeness (QED) is 0.0345. The van der Waals surface area contributed by atoms with Crippen molar-refractivity contribution in [2.24, 2.45) is 4.99 Å². The highest BCUT2D eigenvalue weighted by molar-refractivity contribution is 7.94. The van der Waals surface area contributed by atoms with Gasteiger partial charge in [-0.15, -0.1) is 4.33 Å². The van der Waals surface area contributed by atoms with Crippen LogP contribution in [0.5, 0.6) is 0 Å². The lowest BCUT2D eigenvalue weighted by Gasteiger charge is -2.23. The Balaban J connectivity index is 1.78. The lowest BCUT2D eigenvalue weighted by molar-refractivity contribution is -0.432. The first-order chi connectivity index (χ1) is 18.9. The molecule has 10 nitrogen and oxygen atoms in total. The van der Waals surface area contributed by atoms with Gasteiger partial charge in [0.1, 0.15) is 11.2 Å². The van der Waals surface area contributed by atoms with Crippen LogP contribution in [-0.4, -0.2) is 48.6 Å².